The van der Waals surface area contributed by atoms with E-state index < -0.39 is 0 Å². The topological polar surface area (TPSA) is 54.5 Å². The van der Waals surface area contributed by atoms with Gasteiger partial charge in [0, 0.05) is 34.2 Å². The van der Waals surface area contributed by atoms with Crippen molar-refractivity contribution < 1.29 is 9.53 Å². The molecule has 27 heavy (non-hydrogen) atoms. The number of pyridine rings is 1. The van der Waals surface area contributed by atoms with E-state index in [4.69, 9.17) is 9.72 Å². The average Bonchev–Trinajstić information content (AvgIpc) is 2.69. The molecule has 5 nitrogen and oxygen atoms in total. The fraction of sp³-hybridized carbons (Fsp3) is 0.238. The van der Waals surface area contributed by atoms with Crippen LogP contribution in [-0.2, 0) is 4.74 Å². The van der Waals surface area contributed by atoms with Crippen molar-refractivity contribution in [1.29, 1.82) is 0 Å². The number of morpholine rings is 1. The number of nitrogens with zero attached hydrogens (tertiary/aromatic N) is 2. The molecule has 0 unspecified atom stereocenters. The van der Waals surface area contributed by atoms with Gasteiger partial charge in [-0.15, -0.1) is 0 Å². The Morgan fingerprint density at radius 3 is 2.74 bits per heavy atom. The highest BCUT2D eigenvalue weighted by Gasteiger charge is 2.14. The molecular formula is C21H20BrN3O2. The van der Waals surface area contributed by atoms with Crippen LogP contribution in [0.5, 0.6) is 0 Å². The first kappa shape index (κ1) is 17.9. The Kier molecular flexibility index (Phi) is 5.09. The highest BCUT2D eigenvalue weighted by molar-refractivity contribution is 9.10. The second-order valence-electron chi connectivity index (χ2n) is 6.59. The highest BCUT2D eigenvalue weighted by atomic mass is 79.9. The lowest BCUT2D eigenvalue weighted by Gasteiger charge is -2.28. The van der Waals surface area contributed by atoms with E-state index in [1.54, 1.807) is 12.1 Å². The van der Waals surface area contributed by atoms with Crippen molar-refractivity contribution >= 4 is 44.2 Å². The number of carbonyl (C=O) groups excluding carboxylic acids is 1. The van der Waals surface area contributed by atoms with Gasteiger partial charge in [-0.2, -0.15) is 0 Å². The molecule has 1 N–H and O–H groups in total. The summed E-state index contributed by atoms with van der Waals surface area (Å²) in [5.41, 5.74) is 3.44. The average molecular weight is 426 g/mol. The second-order valence-corrected chi connectivity index (χ2v) is 7.51. The summed E-state index contributed by atoms with van der Waals surface area (Å²) in [6, 6.07) is 15.3. The molecule has 1 aliphatic rings. The van der Waals surface area contributed by atoms with Gasteiger partial charge < -0.3 is 15.0 Å². The number of hydrogen-bond donors (Lipinski definition) is 1. The molecule has 2 heterocycles. The van der Waals surface area contributed by atoms with Crippen LogP contribution in [0.25, 0.3) is 10.9 Å². The molecule has 0 bridgehead atoms. The number of carbonyl (C=O) groups is 1. The van der Waals surface area contributed by atoms with Crippen LogP contribution in [0.15, 0.2) is 53.0 Å². The van der Waals surface area contributed by atoms with Crippen molar-refractivity contribution in [3.05, 3.63) is 64.1 Å². The van der Waals surface area contributed by atoms with E-state index in [1.165, 1.54) is 0 Å². The summed E-state index contributed by atoms with van der Waals surface area (Å²) in [5.74, 6) is 0.848. The van der Waals surface area contributed by atoms with Gasteiger partial charge in [0.15, 0.2) is 0 Å². The third-order valence-electron chi connectivity index (χ3n) is 4.68. The summed E-state index contributed by atoms with van der Waals surface area (Å²) in [7, 11) is 0. The van der Waals surface area contributed by atoms with E-state index in [2.05, 4.69) is 39.1 Å². The van der Waals surface area contributed by atoms with Crippen molar-refractivity contribution in [2.75, 3.05) is 36.5 Å². The molecule has 0 spiro atoms. The Labute approximate surface area is 166 Å². The number of rotatable bonds is 3. The van der Waals surface area contributed by atoms with Crippen LogP contribution in [0.4, 0.5) is 11.5 Å². The minimum absolute atomic E-state index is 0.133. The molecule has 3 aromatic rings. The Morgan fingerprint density at radius 2 is 1.96 bits per heavy atom. The Morgan fingerprint density at radius 1 is 1.15 bits per heavy atom. The number of amides is 1. The van der Waals surface area contributed by atoms with Gasteiger partial charge in [0.2, 0.25) is 0 Å². The maximum Gasteiger partial charge on any atom is 0.255 e. The first-order valence-electron chi connectivity index (χ1n) is 8.91. The molecule has 1 aliphatic heterocycles. The zero-order valence-corrected chi connectivity index (χ0v) is 16.6. The molecule has 1 saturated heterocycles. The third kappa shape index (κ3) is 3.96. The Hall–Kier alpha value is -2.44. The standard InChI is InChI=1S/C21H20BrN3O2/c1-14-11-20(25-7-9-27-10-8-25)24-19-6-5-17(13-18(14)19)23-21(26)15-3-2-4-16(22)12-15/h2-6,11-13H,7-10H2,1H3,(H,23,26). The number of aryl methyl sites for hydroxylation is 1. The van der Waals surface area contributed by atoms with E-state index in [9.17, 15) is 4.79 Å². The van der Waals surface area contributed by atoms with Crippen molar-refractivity contribution in [2.24, 2.45) is 0 Å². The zero-order chi connectivity index (χ0) is 18.8. The molecule has 1 amide bonds. The molecule has 1 fully saturated rings. The van der Waals surface area contributed by atoms with Crippen molar-refractivity contribution in [1.82, 2.24) is 4.98 Å². The molecule has 4 rings (SSSR count). The second kappa shape index (κ2) is 7.66. The van der Waals surface area contributed by atoms with Gasteiger partial charge in [-0.05, 0) is 55.0 Å². The van der Waals surface area contributed by atoms with Crippen LogP contribution >= 0.6 is 15.9 Å². The summed E-state index contributed by atoms with van der Waals surface area (Å²) in [6.07, 6.45) is 0. The maximum absolute atomic E-state index is 12.5. The smallest absolute Gasteiger partial charge is 0.255 e. The Balaban J connectivity index is 1.60. The van der Waals surface area contributed by atoms with E-state index in [0.29, 0.717) is 5.56 Å². The van der Waals surface area contributed by atoms with E-state index >= 15 is 0 Å². The van der Waals surface area contributed by atoms with Gasteiger partial charge in [-0.25, -0.2) is 4.98 Å². The predicted molar refractivity (Wildman–Crippen MR) is 112 cm³/mol. The largest absolute Gasteiger partial charge is 0.378 e. The van der Waals surface area contributed by atoms with Gasteiger partial charge in [0.1, 0.15) is 5.82 Å². The summed E-state index contributed by atoms with van der Waals surface area (Å²) in [6.45, 7) is 5.27. The van der Waals surface area contributed by atoms with Gasteiger partial charge in [0.25, 0.3) is 5.91 Å². The molecular weight excluding hydrogens is 406 g/mol. The molecule has 6 heteroatoms. The number of hydrogen-bond acceptors (Lipinski definition) is 4. The third-order valence-corrected chi connectivity index (χ3v) is 5.18. The SMILES string of the molecule is Cc1cc(N2CCOCC2)nc2ccc(NC(=O)c3cccc(Br)c3)cc12. The summed E-state index contributed by atoms with van der Waals surface area (Å²) in [4.78, 5) is 19.5. The highest BCUT2D eigenvalue weighted by Crippen LogP contribution is 2.26. The van der Waals surface area contributed by atoms with Gasteiger partial charge in [0.05, 0.1) is 18.7 Å². The monoisotopic (exact) mass is 425 g/mol. The van der Waals surface area contributed by atoms with Crippen molar-refractivity contribution in [3.63, 3.8) is 0 Å². The summed E-state index contributed by atoms with van der Waals surface area (Å²) in [5, 5.41) is 4.01. The minimum atomic E-state index is -0.133. The van der Waals surface area contributed by atoms with Crippen LogP contribution in [0.1, 0.15) is 15.9 Å². The maximum atomic E-state index is 12.5. The van der Waals surface area contributed by atoms with Crippen molar-refractivity contribution in [3.8, 4) is 0 Å². The van der Waals surface area contributed by atoms with E-state index in [0.717, 1.165) is 58.7 Å². The molecule has 0 saturated carbocycles. The first-order chi connectivity index (χ1) is 13.1. The molecule has 0 atom stereocenters. The Bertz CT molecular complexity index is 1000. The first-order valence-corrected chi connectivity index (χ1v) is 9.70. The number of benzene rings is 2. The van der Waals surface area contributed by atoms with E-state index in [1.807, 2.05) is 30.3 Å². The number of aromatic nitrogens is 1. The fourth-order valence-corrected chi connectivity index (χ4v) is 3.64. The van der Waals surface area contributed by atoms with E-state index in [-0.39, 0.29) is 5.91 Å². The fourth-order valence-electron chi connectivity index (χ4n) is 3.24. The quantitative estimate of drug-likeness (QED) is 0.675. The van der Waals surface area contributed by atoms with Crippen molar-refractivity contribution in [2.45, 2.75) is 6.92 Å². The molecule has 0 radical (unpaired) electrons. The number of ether oxygens (including phenoxy) is 1. The lowest BCUT2D eigenvalue weighted by atomic mass is 10.1. The molecule has 0 aliphatic carbocycles. The summed E-state index contributed by atoms with van der Waals surface area (Å²) < 4.78 is 6.30. The van der Waals surface area contributed by atoms with Crippen LogP contribution in [-0.4, -0.2) is 37.2 Å². The molecule has 2 aromatic carbocycles. The number of nitrogens with one attached hydrogen (secondary N) is 1. The van der Waals surface area contributed by atoms with Gasteiger partial charge >= 0.3 is 0 Å². The van der Waals surface area contributed by atoms with Crippen LogP contribution in [0.3, 0.4) is 0 Å². The van der Waals surface area contributed by atoms with Crippen LogP contribution < -0.4 is 10.2 Å². The molecule has 138 valence electrons. The number of halogens is 1. The molecule has 1 aromatic heterocycles. The van der Waals surface area contributed by atoms with Crippen LogP contribution in [0, 0.1) is 6.92 Å². The normalized spacial score (nSPS) is 14.4. The number of anilines is 2. The zero-order valence-electron chi connectivity index (χ0n) is 15.0. The van der Waals surface area contributed by atoms with Gasteiger partial charge in [-0.1, -0.05) is 22.0 Å². The summed E-state index contributed by atoms with van der Waals surface area (Å²) >= 11 is 3.40. The predicted octanol–water partition coefficient (Wildman–Crippen LogP) is 4.39. The van der Waals surface area contributed by atoms with Gasteiger partial charge in [-0.3, -0.25) is 4.79 Å². The lowest BCUT2D eigenvalue weighted by molar-refractivity contribution is 0.102. The minimum Gasteiger partial charge on any atom is -0.378 e. The number of fused-ring (bicyclic) bond motifs is 1. The lowest BCUT2D eigenvalue weighted by Crippen LogP contribution is -2.36. The van der Waals surface area contributed by atoms with Crippen LogP contribution in [0.2, 0.25) is 0 Å².